The van der Waals surface area contributed by atoms with Gasteiger partial charge in [0.1, 0.15) is 0 Å². The Kier molecular flexibility index (Phi) is 5.76. The van der Waals surface area contributed by atoms with E-state index < -0.39 is 0 Å². The number of aromatic nitrogens is 1. The van der Waals surface area contributed by atoms with Gasteiger partial charge in [0, 0.05) is 18.3 Å². The largest absolute Gasteiger partial charge is 0.299 e. The first-order valence-corrected chi connectivity index (χ1v) is 9.89. The molecule has 2 nitrogen and oxygen atoms in total. The van der Waals surface area contributed by atoms with Gasteiger partial charge in [-0.25, -0.2) is 0 Å². The van der Waals surface area contributed by atoms with Gasteiger partial charge in [-0.2, -0.15) is 0 Å². The Bertz CT molecular complexity index is 822. The minimum absolute atomic E-state index is 0.963. The van der Waals surface area contributed by atoms with E-state index in [4.69, 9.17) is 4.98 Å². The molecule has 0 unspecified atom stereocenters. The quantitative estimate of drug-likeness (QED) is 0.560. The molecular formula is C25H26N2. The molecule has 1 aliphatic rings. The zero-order chi connectivity index (χ0) is 18.3. The summed E-state index contributed by atoms with van der Waals surface area (Å²) >= 11 is 0. The smallest absolute Gasteiger partial charge is 0.0711 e. The van der Waals surface area contributed by atoms with Crippen molar-refractivity contribution >= 4 is 11.1 Å². The van der Waals surface area contributed by atoms with E-state index in [0.29, 0.717) is 0 Å². The molecule has 0 amide bonds. The summed E-state index contributed by atoms with van der Waals surface area (Å²) < 4.78 is 0. The molecule has 3 aromatic rings. The van der Waals surface area contributed by atoms with E-state index in [9.17, 15) is 0 Å². The van der Waals surface area contributed by atoms with Crippen LogP contribution in [0.2, 0.25) is 0 Å². The molecule has 0 spiro atoms. The molecule has 2 aromatic carbocycles. The molecule has 1 aliphatic heterocycles. The Morgan fingerprint density at radius 2 is 1.33 bits per heavy atom. The van der Waals surface area contributed by atoms with Gasteiger partial charge in [0.2, 0.25) is 0 Å². The molecule has 27 heavy (non-hydrogen) atoms. The monoisotopic (exact) mass is 354 g/mol. The number of benzene rings is 2. The zero-order valence-corrected chi connectivity index (χ0v) is 15.7. The van der Waals surface area contributed by atoms with Gasteiger partial charge < -0.3 is 0 Å². The van der Waals surface area contributed by atoms with Gasteiger partial charge in [-0.1, -0.05) is 73.2 Å². The third kappa shape index (κ3) is 4.35. The summed E-state index contributed by atoms with van der Waals surface area (Å²) in [5.41, 5.74) is 6.16. The summed E-state index contributed by atoms with van der Waals surface area (Å²) in [4.78, 5) is 7.31. The van der Waals surface area contributed by atoms with Crippen LogP contribution in [-0.2, 0) is 0 Å². The zero-order valence-electron chi connectivity index (χ0n) is 15.7. The molecule has 0 bridgehead atoms. The number of rotatable bonds is 5. The summed E-state index contributed by atoms with van der Waals surface area (Å²) in [6.07, 6.45) is 5.84. The topological polar surface area (TPSA) is 16.1 Å². The molecule has 0 aliphatic carbocycles. The predicted octanol–water partition coefficient (Wildman–Crippen LogP) is 5.53. The van der Waals surface area contributed by atoms with Crippen LogP contribution in [-0.4, -0.2) is 29.5 Å². The van der Waals surface area contributed by atoms with E-state index in [2.05, 4.69) is 77.7 Å². The van der Waals surface area contributed by atoms with Crippen LogP contribution in [0.15, 0.2) is 85.1 Å². The van der Waals surface area contributed by atoms with Crippen LogP contribution in [0.25, 0.3) is 11.1 Å². The molecule has 2 heterocycles. The molecular weight excluding hydrogens is 328 g/mol. The van der Waals surface area contributed by atoms with Crippen LogP contribution in [0, 0.1) is 0 Å². The van der Waals surface area contributed by atoms with Crippen LogP contribution in [0.3, 0.4) is 0 Å². The lowest BCUT2D eigenvalue weighted by molar-refractivity contribution is 0.255. The summed E-state index contributed by atoms with van der Waals surface area (Å²) in [5, 5.41) is 0. The molecule has 1 saturated heterocycles. The predicted molar refractivity (Wildman–Crippen MR) is 113 cm³/mol. The van der Waals surface area contributed by atoms with Crippen LogP contribution < -0.4 is 0 Å². The van der Waals surface area contributed by atoms with Crippen LogP contribution in [0.4, 0.5) is 0 Å². The third-order valence-electron chi connectivity index (χ3n) is 5.24. The highest BCUT2D eigenvalue weighted by molar-refractivity contribution is 5.98. The molecule has 0 saturated carbocycles. The molecule has 1 aromatic heterocycles. The van der Waals surface area contributed by atoms with Crippen molar-refractivity contribution in [1.82, 2.24) is 9.88 Å². The molecule has 4 rings (SSSR count). The van der Waals surface area contributed by atoms with Gasteiger partial charge in [0.25, 0.3) is 0 Å². The normalized spacial score (nSPS) is 16.0. The van der Waals surface area contributed by atoms with Gasteiger partial charge in [-0.3, -0.25) is 9.88 Å². The van der Waals surface area contributed by atoms with Gasteiger partial charge in [0.05, 0.1) is 5.69 Å². The fraction of sp³-hybridized carbons (Fsp3) is 0.240. The summed E-state index contributed by atoms with van der Waals surface area (Å²) in [6.45, 7) is 3.33. The van der Waals surface area contributed by atoms with Gasteiger partial charge in [0.15, 0.2) is 0 Å². The second-order valence-electron chi connectivity index (χ2n) is 7.14. The molecule has 136 valence electrons. The Morgan fingerprint density at radius 3 is 1.96 bits per heavy atom. The average Bonchev–Trinajstić information content (AvgIpc) is 2.76. The fourth-order valence-electron chi connectivity index (χ4n) is 3.89. The number of hydrogen-bond donors (Lipinski definition) is 0. The van der Waals surface area contributed by atoms with Gasteiger partial charge >= 0.3 is 0 Å². The first kappa shape index (κ1) is 17.7. The molecule has 2 heteroatoms. The van der Waals surface area contributed by atoms with E-state index >= 15 is 0 Å². The van der Waals surface area contributed by atoms with E-state index in [1.54, 1.807) is 0 Å². The Labute approximate surface area is 162 Å². The standard InChI is InChI=1S/C25H26N2/c1-4-12-21(13-5-1)23(20-27-18-10-3-11-19-27)25(22-14-6-2-7-15-22)24-16-8-9-17-26-24/h1-2,4-9,12-17H,3,10-11,18-20H2. The van der Waals surface area contributed by atoms with E-state index in [1.807, 2.05) is 12.3 Å². The summed E-state index contributed by atoms with van der Waals surface area (Å²) in [5.74, 6) is 0. The number of piperidine rings is 1. The van der Waals surface area contributed by atoms with Crippen molar-refractivity contribution in [2.45, 2.75) is 19.3 Å². The van der Waals surface area contributed by atoms with Crippen molar-refractivity contribution in [3.8, 4) is 0 Å². The highest BCUT2D eigenvalue weighted by Crippen LogP contribution is 2.32. The average molecular weight is 354 g/mol. The van der Waals surface area contributed by atoms with Crippen LogP contribution in [0.5, 0.6) is 0 Å². The lowest BCUT2D eigenvalue weighted by Crippen LogP contribution is -2.31. The highest BCUT2D eigenvalue weighted by Gasteiger charge is 2.19. The maximum atomic E-state index is 4.72. The molecule has 1 fully saturated rings. The van der Waals surface area contributed by atoms with Crippen molar-refractivity contribution in [3.05, 3.63) is 102 Å². The summed E-state index contributed by atoms with van der Waals surface area (Å²) in [7, 11) is 0. The van der Waals surface area contributed by atoms with E-state index in [-0.39, 0.29) is 0 Å². The van der Waals surface area contributed by atoms with Gasteiger partial charge in [-0.15, -0.1) is 0 Å². The Hall–Kier alpha value is -2.71. The third-order valence-corrected chi connectivity index (χ3v) is 5.24. The first-order valence-electron chi connectivity index (χ1n) is 9.89. The molecule has 0 N–H and O–H groups in total. The highest BCUT2D eigenvalue weighted by atomic mass is 15.1. The molecule has 0 atom stereocenters. The second kappa shape index (κ2) is 8.79. The minimum Gasteiger partial charge on any atom is -0.299 e. The van der Waals surface area contributed by atoms with Crippen molar-refractivity contribution in [1.29, 1.82) is 0 Å². The van der Waals surface area contributed by atoms with Crippen molar-refractivity contribution < 1.29 is 0 Å². The van der Waals surface area contributed by atoms with E-state index in [1.165, 1.54) is 54.6 Å². The van der Waals surface area contributed by atoms with Crippen LogP contribution in [0.1, 0.15) is 36.1 Å². The lowest BCUT2D eigenvalue weighted by atomic mass is 9.91. The van der Waals surface area contributed by atoms with Crippen LogP contribution >= 0.6 is 0 Å². The van der Waals surface area contributed by atoms with Crippen molar-refractivity contribution in [2.24, 2.45) is 0 Å². The van der Waals surface area contributed by atoms with Crippen molar-refractivity contribution in [3.63, 3.8) is 0 Å². The lowest BCUT2D eigenvalue weighted by Gasteiger charge is -2.29. The minimum atomic E-state index is 0.963. The Balaban J connectivity index is 1.88. The maximum Gasteiger partial charge on any atom is 0.0711 e. The van der Waals surface area contributed by atoms with Crippen molar-refractivity contribution in [2.75, 3.05) is 19.6 Å². The SMILES string of the molecule is c1ccc(C(CN2CCCCC2)=C(c2ccccc2)c2ccccn2)cc1. The van der Waals surface area contributed by atoms with E-state index in [0.717, 1.165) is 12.2 Å². The first-order chi connectivity index (χ1) is 13.4. The number of pyridine rings is 1. The number of hydrogen-bond acceptors (Lipinski definition) is 2. The maximum absolute atomic E-state index is 4.72. The fourth-order valence-corrected chi connectivity index (χ4v) is 3.89. The number of nitrogens with zero attached hydrogens (tertiary/aromatic N) is 2. The summed E-state index contributed by atoms with van der Waals surface area (Å²) in [6, 6.07) is 27.7. The number of likely N-dealkylation sites (tertiary alicyclic amines) is 1. The second-order valence-corrected chi connectivity index (χ2v) is 7.14. The Morgan fingerprint density at radius 1 is 0.704 bits per heavy atom. The van der Waals surface area contributed by atoms with Gasteiger partial charge in [-0.05, 0) is 54.8 Å². The molecule has 0 radical (unpaired) electrons.